The van der Waals surface area contributed by atoms with Gasteiger partial charge in [0.15, 0.2) is 5.69 Å². The molecule has 1 aromatic heterocycles. The second-order valence-corrected chi connectivity index (χ2v) is 6.55. The van der Waals surface area contributed by atoms with Crippen LogP contribution in [0.5, 0.6) is 0 Å². The molecule has 7 nitrogen and oxygen atoms in total. The molecule has 0 bridgehead atoms. The highest BCUT2D eigenvalue weighted by atomic mass is 16.2. The zero-order valence-corrected chi connectivity index (χ0v) is 15.1. The molecule has 0 atom stereocenters. The van der Waals surface area contributed by atoms with Crippen molar-refractivity contribution in [3.05, 3.63) is 76.2 Å². The summed E-state index contributed by atoms with van der Waals surface area (Å²) in [4.78, 5) is 37.3. The first-order valence-electron chi connectivity index (χ1n) is 8.63. The Hall–Kier alpha value is -3.48. The van der Waals surface area contributed by atoms with E-state index < -0.39 is 11.8 Å². The molecule has 0 saturated heterocycles. The summed E-state index contributed by atoms with van der Waals surface area (Å²) in [6.07, 6.45) is 0. The van der Waals surface area contributed by atoms with Crippen LogP contribution in [0, 0.1) is 5.92 Å². The van der Waals surface area contributed by atoms with Crippen LogP contribution in [0.3, 0.4) is 0 Å². The van der Waals surface area contributed by atoms with Gasteiger partial charge in [-0.25, -0.2) is 4.68 Å². The minimum absolute atomic E-state index is 0.0826. The predicted molar refractivity (Wildman–Crippen MR) is 102 cm³/mol. The predicted octanol–water partition coefficient (Wildman–Crippen LogP) is 2.13. The van der Waals surface area contributed by atoms with Crippen LogP contribution in [0.15, 0.2) is 59.4 Å². The second-order valence-electron chi connectivity index (χ2n) is 6.55. The van der Waals surface area contributed by atoms with Crippen LogP contribution >= 0.6 is 0 Å². The lowest BCUT2D eigenvalue weighted by Gasteiger charge is -2.13. The molecule has 3 rings (SSSR count). The van der Waals surface area contributed by atoms with Crippen LogP contribution in [0.25, 0.3) is 10.8 Å². The number of benzene rings is 2. The zero-order chi connectivity index (χ0) is 19.4. The first kappa shape index (κ1) is 18.3. The summed E-state index contributed by atoms with van der Waals surface area (Å²) in [5, 5.41) is 5.08. The van der Waals surface area contributed by atoms with E-state index in [4.69, 9.17) is 0 Å². The SMILES string of the molecule is CC(C)Cn1nc(C(=O)NNC(=O)c2ccccc2)c2ccccc2c1=O. The smallest absolute Gasteiger partial charge is 0.267 e. The van der Waals surface area contributed by atoms with Gasteiger partial charge in [0, 0.05) is 17.5 Å². The number of hydrogen-bond acceptors (Lipinski definition) is 4. The van der Waals surface area contributed by atoms with Gasteiger partial charge in [0.05, 0.1) is 5.39 Å². The van der Waals surface area contributed by atoms with Gasteiger partial charge >= 0.3 is 0 Å². The Balaban J connectivity index is 1.90. The fraction of sp³-hybridized carbons (Fsp3) is 0.200. The number of aromatic nitrogens is 2. The van der Waals surface area contributed by atoms with E-state index in [1.54, 1.807) is 54.6 Å². The van der Waals surface area contributed by atoms with Crippen molar-refractivity contribution < 1.29 is 9.59 Å². The molecule has 0 radical (unpaired) electrons. The van der Waals surface area contributed by atoms with E-state index >= 15 is 0 Å². The molecule has 2 aromatic carbocycles. The number of carbonyl (C=O) groups excluding carboxylic acids is 2. The van der Waals surface area contributed by atoms with E-state index in [-0.39, 0.29) is 17.2 Å². The van der Waals surface area contributed by atoms with E-state index in [1.807, 2.05) is 13.8 Å². The molecule has 1 heterocycles. The first-order chi connectivity index (χ1) is 13.0. The van der Waals surface area contributed by atoms with E-state index in [0.29, 0.717) is 22.9 Å². The monoisotopic (exact) mass is 364 g/mol. The van der Waals surface area contributed by atoms with Crippen LogP contribution in [-0.4, -0.2) is 21.6 Å². The molecule has 0 spiro atoms. The summed E-state index contributed by atoms with van der Waals surface area (Å²) in [5.74, 6) is -0.846. The summed E-state index contributed by atoms with van der Waals surface area (Å²) in [6.45, 7) is 4.31. The van der Waals surface area contributed by atoms with Gasteiger partial charge in [-0.05, 0) is 24.1 Å². The highest BCUT2D eigenvalue weighted by Crippen LogP contribution is 2.13. The lowest BCUT2D eigenvalue weighted by molar-refractivity contribution is 0.0843. The van der Waals surface area contributed by atoms with Gasteiger partial charge in [0.25, 0.3) is 17.4 Å². The van der Waals surface area contributed by atoms with Gasteiger partial charge in [-0.2, -0.15) is 5.10 Å². The van der Waals surface area contributed by atoms with Gasteiger partial charge in [0.2, 0.25) is 0 Å². The van der Waals surface area contributed by atoms with Gasteiger partial charge < -0.3 is 0 Å². The number of hydrogen-bond donors (Lipinski definition) is 2. The van der Waals surface area contributed by atoms with E-state index in [0.717, 1.165) is 0 Å². The van der Waals surface area contributed by atoms with Crippen molar-refractivity contribution in [1.29, 1.82) is 0 Å². The maximum Gasteiger partial charge on any atom is 0.290 e. The maximum atomic E-state index is 12.6. The first-order valence-corrected chi connectivity index (χ1v) is 8.63. The summed E-state index contributed by atoms with van der Waals surface area (Å²) in [6, 6.07) is 15.3. The van der Waals surface area contributed by atoms with Crippen molar-refractivity contribution in [2.24, 2.45) is 5.92 Å². The molecule has 0 aliphatic rings. The van der Waals surface area contributed by atoms with Gasteiger partial charge in [-0.15, -0.1) is 0 Å². The minimum Gasteiger partial charge on any atom is -0.267 e. The van der Waals surface area contributed by atoms with Crippen molar-refractivity contribution in [1.82, 2.24) is 20.6 Å². The Kier molecular flexibility index (Phi) is 5.30. The highest BCUT2D eigenvalue weighted by molar-refractivity contribution is 6.06. The molecular weight excluding hydrogens is 344 g/mol. The third-order valence-electron chi connectivity index (χ3n) is 3.95. The molecule has 27 heavy (non-hydrogen) atoms. The number of rotatable bonds is 4. The number of nitrogens with one attached hydrogen (secondary N) is 2. The van der Waals surface area contributed by atoms with Gasteiger partial charge in [0.1, 0.15) is 0 Å². The Bertz CT molecular complexity index is 1040. The third kappa shape index (κ3) is 4.03. The van der Waals surface area contributed by atoms with Crippen LogP contribution < -0.4 is 16.4 Å². The molecule has 0 fully saturated rings. The lowest BCUT2D eigenvalue weighted by atomic mass is 10.1. The van der Waals surface area contributed by atoms with E-state index in [2.05, 4.69) is 16.0 Å². The molecule has 2 amide bonds. The largest absolute Gasteiger partial charge is 0.290 e. The molecular formula is C20H20N4O3. The number of hydrazine groups is 1. The number of nitrogens with zero attached hydrogens (tertiary/aromatic N) is 2. The topological polar surface area (TPSA) is 93.1 Å². The Morgan fingerprint density at radius 3 is 2.19 bits per heavy atom. The van der Waals surface area contributed by atoms with Crippen LogP contribution in [0.1, 0.15) is 34.7 Å². The van der Waals surface area contributed by atoms with E-state index in [9.17, 15) is 14.4 Å². The molecule has 0 saturated carbocycles. The number of carbonyl (C=O) groups is 2. The van der Waals surface area contributed by atoms with Crippen molar-refractivity contribution in [2.45, 2.75) is 20.4 Å². The zero-order valence-electron chi connectivity index (χ0n) is 15.1. The maximum absolute atomic E-state index is 12.6. The highest BCUT2D eigenvalue weighted by Gasteiger charge is 2.17. The third-order valence-corrected chi connectivity index (χ3v) is 3.95. The molecule has 0 aliphatic heterocycles. The lowest BCUT2D eigenvalue weighted by Crippen LogP contribution is -2.42. The second kappa shape index (κ2) is 7.82. The van der Waals surface area contributed by atoms with Gasteiger partial charge in [-0.1, -0.05) is 50.2 Å². The fourth-order valence-corrected chi connectivity index (χ4v) is 2.71. The number of amides is 2. The van der Waals surface area contributed by atoms with Crippen molar-refractivity contribution in [3.63, 3.8) is 0 Å². The average Bonchev–Trinajstić information content (AvgIpc) is 2.68. The van der Waals surface area contributed by atoms with Crippen LogP contribution in [0.4, 0.5) is 0 Å². The van der Waals surface area contributed by atoms with Crippen molar-refractivity contribution in [3.8, 4) is 0 Å². The summed E-state index contributed by atoms with van der Waals surface area (Å²) in [7, 11) is 0. The number of fused-ring (bicyclic) bond motifs is 1. The Morgan fingerprint density at radius 2 is 1.52 bits per heavy atom. The minimum atomic E-state index is -0.590. The molecule has 2 N–H and O–H groups in total. The summed E-state index contributed by atoms with van der Waals surface area (Å²) >= 11 is 0. The average molecular weight is 364 g/mol. The molecule has 0 unspecified atom stereocenters. The fourth-order valence-electron chi connectivity index (χ4n) is 2.71. The van der Waals surface area contributed by atoms with Gasteiger partial charge in [-0.3, -0.25) is 25.2 Å². The normalized spacial score (nSPS) is 10.8. The van der Waals surface area contributed by atoms with E-state index in [1.165, 1.54) is 4.68 Å². The van der Waals surface area contributed by atoms with Crippen LogP contribution in [0.2, 0.25) is 0 Å². The van der Waals surface area contributed by atoms with Crippen molar-refractivity contribution in [2.75, 3.05) is 0 Å². The standard InChI is InChI=1S/C20H20N4O3/c1-13(2)12-24-20(27)16-11-7-6-10-15(16)17(23-24)19(26)22-21-18(25)14-8-4-3-5-9-14/h3-11,13H,12H2,1-2H3,(H,21,25)(H,22,26). The molecule has 7 heteroatoms. The Labute approximate surface area is 156 Å². The van der Waals surface area contributed by atoms with Crippen LogP contribution in [-0.2, 0) is 6.54 Å². The summed E-state index contributed by atoms with van der Waals surface area (Å²) in [5.41, 5.74) is 5.00. The molecule has 0 aliphatic carbocycles. The Morgan fingerprint density at radius 1 is 0.926 bits per heavy atom. The molecule has 3 aromatic rings. The quantitative estimate of drug-likeness (QED) is 0.694. The van der Waals surface area contributed by atoms with Crippen molar-refractivity contribution >= 4 is 22.6 Å². The molecule has 138 valence electrons. The summed E-state index contributed by atoms with van der Waals surface area (Å²) < 4.78 is 1.29.